The molecule has 0 aromatic carbocycles. The largest absolute Gasteiger partial charge is 0.401 e. The summed E-state index contributed by atoms with van der Waals surface area (Å²) in [5.74, 6) is 5.33. The van der Waals surface area contributed by atoms with Crippen molar-refractivity contribution in [1.82, 2.24) is 5.01 Å². The third kappa shape index (κ3) is 1.84. The number of hydrazine groups is 1. The highest BCUT2D eigenvalue weighted by atomic mass is 15.4. The van der Waals surface area contributed by atoms with Gasteiger partial charge >= 0.3 is 0 Å². The van der Waals surface area contributed by atoms with Crippen molar-refractivity contribution in [2.24, 2.45) is 11.6 Å². The number of nitrogens with two attached hydrogens (primary N) is 2. The lowest BCUT2D eigenvalue weighted by atomic mass is 10.4. The summed E-state index contributed by atoms with van der Waals surface area (Å²) in [6, 6.07) is 0. The molecule has 0 unspecified atom stereocenters. The zero-order valence-corrected chi connectivity index (χ0v) is 5.60. The molecule has 0 amide bonds. The fourth-order valence-corrected chi connectivity index (χ4v) is 0.278. The molecule has 0 spiro atoms. The van der Waals surface area contributed by atoms with E-state index in [1.807, 2.05) is 13.8 Å². The monoisotopic (exact) mass is 115 g/mol. The van der Waals surface area contributed by atoms with Crippen LogP contribution in [0.3, 0.4) is 0 Å². The van der Waals surface area contributed by atoms with E-state index in [2.05, 4.69) is 0 Å². The molecule has 0 aliphatic rings. The SMILES string of the molecule is C/C(N)=C(\C)N(C)N. The van der Waals surface area contributed by atoms with Gasteiger partial charge < -0.3 is 10.7 Å². The predicted octanol–water partition coefficient (Wildman–Crippen LogP) is 0.00200. The lowest BCUT2D eigenvalue weighted by Gasteiger charge is -2.12. The normalized spacial score (nSPS) is 13.0. The standard InChI is InChI=1S/C5H13N3/c1-4(6)5(2)8(3)7/h6-7H2,1-3H3/b5-4-. The first-order valence-corrected chi connectivity index (χ1v) is 2.47. The van der Waals surface area contributed by atoms with Gasteiger partial charge in [0.1, 0.15) is 0 Å². The van der Waals surface area contributed by atoms with Crippen LogP contribution in [0, 0.1) is 0 Å². The van der Waals surface area contributed by atoms with Gasteiger partial charge in [0.15, 0.2) is 0 Å². The summed E-state index contributed by atoms with van der Waals surface area (Å²) in [5, 5.41) is 1.50. The molecular weight excluding hydrogens is 102 g/mol. The van der Waals surface area contributed by atoms with Gasteiger partial charge in [-0.2, -0.15) is 0 Å². The van der Waals surface area contributed by atoms with Crippen molar-refractivity contribution >= 4 is 0 Å². The predicted molar refractivity (Wildman–Crippen MR) is 34.5 cm³/mol. The topological polar surface area (TPSA) is 55.3 Å². The van der Waals surface area contributed by atoms with Gasteiger partial charge in [0.25, 0.3) is 0 Å². The maximum atomic E-state index is 5.39. The Kier molecular flexibility index (Phi) is 2.34. The van der Waals surface area contributed by atoms with Gasteiger partial charge in [-0.15, -0.1) is 0 Å². The number of nitrogens with zero attached hydrogens (tertiary/aromatic N) is 1. The molecule has 4 N–H and O–H groups in total. The summed E-state index contributed by atoms with van der Waals surface area (Å²) >= 11 is 0. The Morgan fingerprint density at radius 2 is 1.75 bits per heavy atom. The first-order chi connectivity index (χ1) is 3.55. The maximum Gasteiger partial charge on any atom is 0.0441 e. The second-order valence-corrected chi connectivity index (χ2v) is 1.88. The molecule has 3 heteroatoms. The van der Waals surface area contributed by atoms with Crippen LogP contribution in [-0.4, -0.2) is 12.1 Å². The molecule has 0 aliphatic heterocycles. The molecule has 48 valence electrons. The molecule has 0 aliphatic carbocycles. The van der Waals surface area contributed by atoms with Gasteiger partial charge in [0, 0.05) is 18.4 Å². The van der Waals surface area contributed by atoms with Crippen molar-refractivity contribution in [2.45, 2.75) is 13.8 Å². The van der Waals surface area contributed by atoms with Crippen LogP contribution in [0.5, 0.6) is 0 Å². The lowest BCUT2D eigenvalue weighted by molar-refractivity contribution is 0.436. The summed E-state index contributed by atoms with van der Waals surface area (Å²) < 4.78 is 0. The quantitative estimate of drug-likeness (QED) is 0.373. The highest BCUT2D eigenvalue weighted by molar-refractivity contribution is 5.01. The van der Waals surface area contributed by atoms with Gasteiger partial charge in [-0.05, 0) is 13.8 Å². The molecule has 0 saturated heterocycles. The molecule has 0 saturated carbocycles. The van der Waals surface area contributed by atoms with Crippen molar-refractivity contribution in [3.63, 3.8) is 0 Å². The first kappa shape index (κ1) is 7.30. The molecule has 0 fully saturated rings. The van der Waals surface area contributed by atoms with E-state index >= 15 is 0 Å². The molecule has 3 nitrogen and oxygen atoms in total. The summed E-state index contributed by atoms with van der Waals surface area (Å²) in [6.45, 7) is 3.69. The summed E-state index contributed by atoms with van der Waals surface area (Å²) in [5.41, 5.74) is 7.06. The molecule has 0 aromatic heterocycles. The Morgan fingerprint density at radius 1 is 1.38 bits per heavy atom. The third-order valence-corrected chi connectivity index (χ3v) is 1.10. The number of hydrogen-bond donors (Lipinski definition) is 2. The van der Waals surface area contributed by atoms with Crippen LogP contribution in [0.4, 0.5) is 0 Å². The maximum absolute atomic E-state index is 5.39. The van der Waals surface area contributed by atoms with Gasteiger partial charge in [0.05, 0.1) is 0 Å². The highest BCUT2D eigenvalue weighted by Gasteiger charge is 1.91. The van der Waals surface area contributed by atoms with E-state index in [1.165, 1.54) is 5.01 Å². The molecule has 0 heterocycles. The van der Waals surface area contributed by atoms with Crippen LogP contribution >= 0.6 is 0 Å². The van der Waals surface area contributed by atoms with Crippen molar-refractivity contribution in [1.29, 1.82) is 0 Å². The average Bonchev–Trinajstić information content (AvgIpc) is 1.64. The van der Waals surface area contributed by atoms with Gasteiger partial charge in [0.2, 0.25) is 0 Å². The molecular formula is C5H13N3. The van der Waals surface area contributed by atoms with Gasteiger partial charge in [-0.25, -0.2) is 5.84 Å². The highest BCUT2D eigenvalue weighted by Crippen LogP contribution is 1.95. The van der Waals surface area contributed by atoms with Crippen LogP contribution in [0.2, 0.25) is 0 Å². The van der Waals surface area contributed by atoms with Crippen LogP contribution in [-0.2, 0) is 0 Å². The smallest absolute Gasteiger partial charge is 0.0441 e. The number of allylic oxidation sites excluding steroid dienone is 2. The molecule has 0 atom stereocenters. The minimum Gasteiger partial charge on any atom is -0.401 e. The molecule has 0 rings (SSSR count). The average molecular weight is 115 g/mol. The Morgan fingerprint density at radius 3 is 1.75 bits per heavy atom. The third-order valence-electron chi connectivity index (χ3n) is 1.10. The van der Waals surface area contributed by atoms with E-state index in [4.69, 9.17) is 11.6 Å². The fourth-order valence-electron chi connectivity index (χ4n) is 0.278. The van der Waals surface area contributed by atoms with Crippen LogP contribution in [0.1, 0.15) is 13.8 Å². The molecule has 8 heavy (non-hydrogen) atoms. The van der Waals surface area contributed by atoms with Gasteiger partial charge in [-0.3, -0.25) is 0 Å². The van der Waals surface area contributed by atoms with E-state index in [0.29, 0.717) is 0 Å². The van der Waals surface area contributed by atoms with Crippen molar-refractivity contribution < 1.29 is 0 Å². The lowest BCUT2D eigenvalue weighted by Crippen LogP contribution is -2.25. The molecule has 0 bridgehead atoms. The van der Waals surface area contributed by atoms with Crippen molar-refractivity contribution in [3.8, 4) is 0 Å². The minimum absolute atomic E-state index is 0.759. The molecule has 0 aromatic rings. The van der Waals surface area contributed by atoms with E-state index in [9.17, 15) is 0 Å². The summed E-state index contributed by atoms with van der Waals surface area (Å²) in [6.07, 6.45) is 0. The van der Waals surface area contributed by atoms with E-state index in [1.54, 1.807) is 7.05 Å². The number of rotatable bonds is 1. The van der Waals surface area contributed by atoms with E-state index in [0.717, 1.165) is 11.4 Å². The van der Waals surface area contributed by atoms with E-state index in [-0.39, 0.29) is 0 Å². The minimum atomic E-state index is 0.759. The van der Waals surface area contributed by atoms with E-state index < -0.39 is 0 Å². The van der Waals surface area contributed by atoms with Crippen molar-refractivity contribution in [3.05, 3.63) is 11.4 Å². The fraction of sp³-hybridized carbons (Fsp3) is 0.600. The Balaban J connectivity index is 4.00. The van der Waals surface area contributed by atoms with Crippen LogP contribution in [0.15, 0.2) is 11.4 Å². The second kappa shape index (κ2) is 2.57. The second-order valence-electron chi connectivity index (χ2n) is 1.88. The first-order valence-electron chi connectivity index (χ1n) is 2.47. The van der Waals surface area contributed by atoms with Crippen LogP contribution < -0.4 is 11.6 Å². The molecule has 0 radical (unpaired) electrons. The van der Waals surface area contributed by atoms with Crippen LogP contribution in [0.25, 0.3) is 0 Å². The Labute approximate surface area is 49.9 Å². The number of hydrogen-bond acceptors (Lipinski definition) is 3. The summed E-state index contributed by atoms with van der Waals surface area (Å²) in [7, 11) is 1.76. The zero-order chi connectivity index (χ0) is 6.73. The zero-order valence-electron chi connectivity index (χ0n) is 5.60. The Hall–Kier alpha value is -0.700. The Bertz CT molecular complexity index is 100. The summed E-state index contributed by atoms with van der Waals surface area (Å²) in [4.78, 5) is 0. The van der Waals surface area contributed by atoms with Crippen molar-refractivity contribution in [2.75, 3.05) is 7.05 Å². The van der Waals surface area contributed by atoms with Gasteiger partial charge in [-0.1, -0.05) is 0 Å².